The highest BCUT2D eigenvalue weighted by Crippen LogP contribution is 2.24. The van der Waals surface area contributed by atoms with Gasteiger partial charge in [0.2, 0.25) is 5.95 Å². The summed E-state index contributed by atoms with van der Waals surface area (Å²) < 4.78 is 7.20. The summed E-state index contributed by atoms with van der Waals surface area (Å²) in [6.45, 7) is 0.621. The normalized spacial score (nSPS) is 10.9. The van der Waals surface area contributed by atoms with Gasteiger partial charge in [0.25, 0.3) is 0 Å². The van der Waals surface area contributed by atoms with E-state index < -0.39 is 0 Å². The van der Waals surface area contributed by atoms with E-state index in [-0.39, 0.29) is 0 Å². The van der Waals surface area contributed by atoms with Crippen molar-refractivity contribution in [2.24, 2.45) is 0 Å². The topological polar surface area (TPSA) is 53.1 Å². The Balaban J connectivity index is 2.08. The highest BCUT2D eigenvalue weighted by Gasteiger charge is 2.09. The van der Waals surface area contributed by atoms with Crippen molar-refractivity contribution in [1.82, 2.24) is 9.55 Å². The van der Waals surface area contributed by atoms with E-state index in [1.807, 2.05) is 47.0 Å². The van der Waals surface area contributed by atoms with Crippen LogP contribution in [0.25, 0.3) is 11.0 Å². The number of nitrogens with two attached hydrogens (primary N) is 1. The van der Waals surface area contributed by atoms with E-state index in [0.29, 0.717) is 17.5 Å². The van der Waals surface area contributed by atoms with Crippen molar-refractivity contribution in [3.05, 3.63) is 53.1 Å². The van der Waals surface area contributed by atoms with Crippen LogP contribution in [0.4, 0.5) is 5.95 Å². The number of imidazole rings is 1. The maximum absolute atomic E-state index is 6.01. The number of hydrogen-bond acceptors (Lipinski definition) is 3. The first-order valence-corrected chi connectivity index (χ1v) is 6.59. The fraction of sp³-hybridized carbons (Fsp3) is 0.133. The molecule has 0 aliphatic carbocycles. The monoisotopic (exact) mass is 287 g/mol. The van der Waals surface area contributed by atoms with Crippen LogP contribution in [0.2, 0.25) is 5.02 Å². The third kappa shape index (κ3) is 2.30. The summed E-state index contributed by atoms with van der Waals surface area (Å²) in [6.07, 6.45) is 0. The highest BCUT2D eigenvalue weighted by molar-refractivity contribution is 6.30. The molecule has 2 aromatic carbocycles. The first kappa shape index (κ1) is 12.8. The van der Waals surface area contributed by atoms with Crippen molar-refractivity contribution in [1.29, 1.82) is 0 Å². The molecular formula is C15H14ClN3O. The van der Waals surface area contributed by atoms with Crippen LogP contribution in [-0.2, 0) is 6.54 Å². The number of hydrogen-bond donors (Lipinski definition) is 1. The van der Waals surface area contributed by atoms with Gasteiger partial charge in [0.15, 0.2) is 0 Å². The molecule has 0 amide bonds. The van der Waals surface area contributed by atoms with Gasteiger partial charge < -0.3 is 15.0 Å². The number of benzene rings is 2. The zero-order valence-electron chi connectivity index (χ0n) is 11.0. The fourth-order valence-electron chi connectivity index (χ4n) is 2.23. The lowest BCUT2D eigenvalue weighted by molar-refractivity contribution is 0.415. The molecule has 1 heterocycles. The molecule has 1 aromatic heterocycles. The zero-order chi connectivity index (χ0) is 14.1. The molecule has 0 saturated heterocycles. The van der Waals surface area contributed by atoms with E-state index in [0.717, 1.165) is 22.3 Å². The maximum Gasteiger partial charge on any atom is 0.201 e. The molecule has 0 atom stereocenters. The molecule has 0 fully saturated rings. The average molecular weight is 288 g/mol. The maximum atomic E-state index is 6.01. The lowest BCUT2D eigenvalue weighted by Crippen LogP contribution is -2.04. The van der Waals surface area contributed by atoms with Gasteiger partial charge >= 0.3 is 0 Å². The van der Waals surface area contributed by atoms with Gasteiger partial charge in [-0.3, -0.25) is 0 Å². The van der Waals surface area contributed by atoms with Crippen LogP contribution in [0.5, 0.6) is 5.75 Å². The molecule has 0 radical (unpaired) electrons. The lowest BCUT2D eigenvalue weighted by atomic mass is 10.2. The quantitative estimate of drug-likeness (QED) is 0.804. The largest absolute Gasteiger partial charge is 0.497 e. The number of methoxy groups -OCH3 is 1. The summed E-state index contributed by atoms with van der Waals surface area (Å²) >= 11 is 6.01. The summed E-state index contributed by atoms with van der Waals surface area (Å²) in [5.74, 6) is 1.26. The van der Waals surface area contributed by atoms with Gasteiger partial charge in [-0.05, 0) is 29.8 Å². The molecule has 3 rings (SSSR count). The number of halogens is 1. The van der Waals surface area contributed by atoms with Crippen LogP contribution >= 0.6 is 11.6 Å². The minimum Gasteiger partial charge on any atom is -0.497 e. The van der Waals surface area contributed by atoms with Crippen LogP contribution in [-0.4, -0.2) is 16.7 Å². The van der Waals surface area contributed by atoms with Crippen LogP contribution in [0.15, 0.2) is 42.5 Å². The molecule has 0 bridgehead atoms. The number of nitrogen functional groups attached to an aromatic ring is 1. The van der Waals surface area contributed by atoms with E-state index >= 15 is 0 Å². The van der Waals surface area contributed by atoms with Crippen LogP contribution in [0, 0.1) is 0 Å². The van der Waals surface area contributed by atoms with Gasteiger partial charge in [-0.2, -0.15) is 0 Å². The first-order chi connectivity index (χ1) is 9.67. The average Bonchev–Trinajstić information content (AvgIpc) is 2.74. The second-order valence-electron chi connectivity index (χ2n) is 4.54. The molecule has 4 nitrogen and oxygen atoms in total. The second kappa shape index (κ2) is 5.06. The number of aromatic nitrogens is 2. The molecule has 0 aliphatic rings. The standard InChI is InChI=1S/C15H14ClN3O/c1-20-12-5-6-13-14(8-12)19(15(17)18-13)9-10-3-2-4-11(16)7-10/h2-8H,9H2,1H3,(H2,17,18). The SMILES string of the molecule is COc1ccc2nc(N)n(Cc3cccc(Cl)c3)c2c1. The smallest absolute Gasteiger partial charge is 0.201 e. The Hall–Kier alpha value is -2.20. The van der Waals surface area contributed by atoms with Gasteiger partial charge in [0, 0.05) is 11.1 Å². The molecule has 5 heteroatoms. The minimum absolute atomic E-state index is 0.480. The third-order valence-electron chi connectivity index (χ3n) is 3.21. The molecule has 0 unspecified atom stereocenters. The Morgan fingerprint density at radius 1 is 1.25 bits per heavy atom. The summed E-state index contributed by atoms with van der Waals surface area (Å²) in [6, 6.07) is 13.4. The van der Waals surface area contributed by atoms with Crippen LogP contribution < -0.4 is 10.5 Å². The van der Waals surface area contributed by atoms with Gasteiger partial charge in [-0.15, -0.1) is 0 Å². The first-order valence-electron chi connectivity index (χ1n) is 6.21. The van der Waals surface area contributed by atoms with Crippen molar-refractivity contribution in [2.45, 2.75) is 6.54 Å². The van der Waals surface area contributed by atoms with E-state index in [1.165, 1.54) is 0 Å². The van der Waals surface area contributed by atoms with Gasteiger partial charge in [0.1, 0.15) is 5.75 Å². The van der Waals surface area contributed by atoms with E-state index in [9.17, 15) is 0 Å². The number of fused-ring (bicyclic) bond motifs is 1. The van der Waals surface area contributed by atoms with Crippen LogP contribution in [0.1, 0.15) is 5.56 Å². The summed E-state index contributed by atoms with van der Waals surface area (Å²) in [7, 11) is 1.64. The fourth-order valence-corrected chi connectivity index (χ4v) is 2.45. The molecule has 2 N–H and O–H groups in total. The van der Waals surface area contributed by atoms with Crippen molar-refractivity contribution in [2.75, 3.05) is 12.8 Å². The minimum atomic E-state index is 0.480. The molecule has 0 aliphatic heterocycles. The number of rotatable bonds is 3. The van der Waals surface area contributed by atoms with Gasteiger partial charge in [-0.25, -0.2) is 4.98 Å². The van der Waals surface area contributed by atoms with Crippen molar-refractivity contribution in [3.63, 3.8) is 0 Å². The molecule has 0 saturated carbocycles. The molecule has 0 spiro atoms. The summed E-state index contributed by atoms with van der Waals surface area (Å²) in [5, 5.41) is 0.711. The number of nitrogens with zero attached hydrogens (tertiary/aromatic N) is 2. The Morgan fingerprint density at radius 2 is 2.10 bits per heavy atom. The molecule has 3 aromatic rings. The Labute approximate surface area is 121 Å². The molecule has 102 valence electrons. The Bertz CT molecular complexity index is 767. The highest BCUT2D eigenvalue weighted by atomic mass is 35.5. The number of ether oxygens (including phenoxy) is 1. The van der Waals surface area contributed by atoms with Crippen molar-refractivity contribution >= 4 is 28.6 Å². The van der Waals surface area contributed by atoms with Crippen LogP contribution in [0.3, 0.4) is 0 Å². The third-order valence-corrected chi connectivity index (χ3v) is 3.45. The predicted molar refractivity (Wildman–Crippen MR) is 81.3 cm³/mol. The lowest BCUT2D eigenvalue weighted by Gasteiger charge is -2.08. The summed E-state index contributed by atoms with van der Waals surface area (Å²) in [5.41, 5.74) is 8.88. The van der Waals surface area contributed by atoms with Gasteiger partial charge in [-0.1, -0.05) is 23.7 Å². The van der Waals surface area contributed by atoms with E-state index in [4.69, 9.17) is 22.1 Å². The zero-order valence-corrected chi connectivity index (χ0v) is 11.8. The van der Waals surface area contributed by atoms with Gasteiger partial charge in [0.05, 0.1) is 24.7 Å². The Morgan fingerprint density at radius 3 is 2.85 bits per heavy atom. The second-order valence-corrected chi connectivity index (χ2v) is 4.98. The van der Waals surface area contributed by atoms with E-state index in [1.54, 1.807) is 7.11 Å². The predicted octanol–water partition coefficient (Wildman–Crippen LogP) is 3.33. The van der Waals surface area contributed by atoms with Crippen molar-refractivity contribution < 1.29 is 4.74 Å². The molecular weight excluding hydrogens is 274 g/mol. The Kier molecular flexibility index (Phi) is 3.24. The summed E-state index contributed by atoms with van der Waals surface area (Å²) in [4.78, 5) is 4.36. The number of anilines is 1. The van der Waals surface area contributed by atoms with E-state index in [2.05, 4.69) is 4.98 Å². The van der Waals surface area contributed by atoms with Crippen molar-refractivity contribution in [3.8, 4) is 5.75 Å². The molecule has 20 heavy (non-hydrogen) atoms.